The second kappa shape index (κ2) is 9.26. The van der Waals surface area contributed by atoms with Gasteiger partial charge in [0.2, 0.25) is 5.91 Å². The van der Waals surface area contributed by atoms with Crippen molar-refractivity contribution in [2.75, 3.05) is 59.5 Å². The van der Waals surface area contributed by atoms with Gasteiger partial charge in [-0.05, 0) is 43.8 Å². The molecule has 0 aromatic heterocycles. The Kier molecular flexibility index (Phi) is 6.77. The highest BCUT2D eigenvalue weighted by atomic mass is 35.5. The van der Waals surface area contributed by atoms with Crippen molar-refractivity contribution >= 4 is 23.6 Å². The maximum Gasteiger partial charge on any atom is 0.243 e. The van der Waals surface area contributed by atoms with E-state index < -0.39 is 0 Å². The summed E-state index contributed by atoms with van der Waals surface area (Å²) in [6.07, 6.45) is 4.22. The van der Waals surface area contributed by atoms with Crippen LogP contribution < -0.4 is 14.8 Å². The molecule has 1 fully saturated rings. The van der Waals surface area contributed by atoms with Crippen LogP contribution in [0.2, 0.25) is 5.02 Å². The van der Waals surface area contributed by atoms with Gasteiger partial charge in [-0.1, -0.05) is 11.6 Å². The second-order valence-corrected chi connectivity index (χ2v) is 7.06. The van der Waals surface area contributed by atoms with Crippen molar-refractivity contribution in [1.82, 2.24) is 15.1 Å². The van der Waals surface area contributed by atoms with Crippen molar-refractivity contribution in [2.24, 2.45) is 0 Å². The lowest BCUT2D eigenvalue weighted by atomic mass is 10.1. The van der Waals surface area contributed by atoms with Gasteiger partial charge < -0.3 is 24.6 Å². The summed E-state index contributed by atoms with van der Waals surface area (Å²) < 4.78 is 11.0. The zero-order valence-electron chi connectivity index (χ0n) is 15.2. The van der Waals surface area contributed by atoms with E-state index in [9.17, 15) is 4.79 Å². The van der Waals surface area contributed by atoms with E-state index in [2.05, 4.69) is 22.2 Å². The van der Waals surface area contributed by atoms with E-state index in [0.29, 0.717) is 36.3 Å². The molecule has 2 heterocycles. The van der Waals surface area contributed by atoms with E-state index in [4.69, 9.17) is 21.1 Å². The molecule has 1 N–H and O–H groups in total. The van der Waals surface area contributed by atoms with Gasteiger partial charge in [-0.15, -0.1) is 0 Å². The molecular formula is C19H26ClN3O3. The van der Waals surface area contributed by atoms with Gasteiger partial charge in [0, 0.05) is 38.8 Å². The Morgan fingerprint density at radius 2 is 2.00 bits per heavy atom. The standard InChI is InChI=1S/C19H26ClN3O3/c1-22-7-9-23(10-8-22)6-2-5-21-18(24)4-3-15-13-16(20)19-17(14-15)25-11-12-26-19/h3-4,13-14H,2,5-12H2,1H3,(H,21,24). The fraction of sp³-hybridized carbons (Fsp3) is 0.526. The molecule has 0 atom stereocenters. The molecule has 1 aromatic carbocycles. The molecule has 0 aliphatic carbocycles. The largest absolute Gasteiger partial charge is 0.486 e. The van der Waals surface area contributed by atoms with E-state index in [1.165, 1.54) is 6.08 Å². The Balaban J connectivity index is 1.41. The minimum absolute atomic E-state index is 0.102. The van der Waals surface area contributed by atoms with Crippen LogP contribution in [0, 0.1) is 0 Å². The van der Waals surface area contributed by atoms with Crippen LogP contribution in [0.15, 0.2) is 18.2 Å². The number of carbonyl (C=O) groups is 1. The number of likely N-dealkylation sites (N-methyl/N-ethyl adjacent to an activating group) is 1. The van der Waals surface area contributed by atoms with Crippen LogP contribution in [-0.4, -0.2) is 75.2 Å². The minimum atomic E-state index is -0.102. The molecule has 0 spiro atoms. The summed E-state index contributed by atoms with van der Waals surface area (Å²) >= 11 is 6.20. The first kappa shape index (κ1) is 19.0. The number of rotatable bonds is 6. The van der Waals surface area contributed by atoms with Gasteiger partial charge in [-0.3, -0.25) is 4.79 Å². The smallest absolute Gasteiger partial charge is 0.243 e. The normalized spacial score (nSPS) is 18.2. The SMILES string of the molecule is CN1CCN(CCCNC(=O)C=Cc2cc(Cl)c3c(c2)OCCO3)CC1. The Labute approximate surface area is 159 Å². The molecule has 0 bridgehead atoms. The number of carbonyl (C=O) groups excluding carboxylic acids is 1. The van der Waals surface area contributed by atoms with E-state index in [0.717, 1.165) is 44.7 Å². The summed E-state index contributed by atoms with van der Waals surface area (Å²) in [5, 5.41) is 3.42. The predicted molar refractivity (Wildman–Crippen MR) is 103 cm³/mol. The summed E-state index contributed by atoms with van der Waals surface area (Å²) in [6.45, 7) is 7.15. The number of benzene rings is 1. The molecular weight excluding hydrogens is 354 g/mol. The monoisotopic (exact) mass is 379 g/mol. The van der Waals surface area contributed by atoms with Gasteiger partial charge >= 0.3 is 0 Å². The quantitative estimate of drug-likeness (QED) is 0.604. The van der Waals surface area contributed by atoms with Crippen LogP contribution in [0.4, 0.5) is 0 Å². The zero-order chi connectivity index (χ0) is 18.4. The third kappa shape index (κ3) is 5.37. The summed E-state index contributed by atoms with van der Waals surface area (Å²) in [5.41, 5.74) is 0.812. The summed E-state index contributed by atoms with van der Waals surface area (Å²) in [4.78, 5) is 16.8. The minimum Gasteiger partial charge on any atom is -0.486 e. The molecule has 1 amide bonds. The highest BCUT2D eigenvalue weighted by molar-refractivity contribution is 6.32. The Morgan fingerprint density at radius 1 is 1.23 bits per heavy atom. The first-order valence-electron chi connectivity index (χ1n) is 9.08. The number of fused-ring (bicyclic) bond motifs is 1. The van der Waals surface area contributed by atoms with Crippen molar-refractivity contribution in [2.45, 2.75) is 6.42 Å². The molecule has 0 radical (unpaired) electrons. The third-order valence-electron chi connectivity index (χ3n) is 4.59. The van der Waals surface area contributed by atoms with Crippen molar-refractivity contribution in [3.8, 4) is 11.5 Å². The molecule has 1 aromatic rings. The number of halogens is 1. The van der Waals surface area contributed by atoms with E-state index >= 15 is 0 Å². The summed E-state index contributed by atoms with van der Waals surface area (Å²) in [6, 6.07) is 3.60. The fourth-order valence-corrected chi connectivity index (χ4v) is 3.32. The molecule has 7 heteroatoms. The van der Waals surface area contributed by atoms with Crippen LogP contribution in [0.5, 0.6) is 11.5 Å². The molecule has 142 valence electrons. The van der Waals surface area contributed by atoms with E-state index in [-0.39, 0.29) is 5.91 Å². The lowest BCUT2D eigenvalue weighted by Gasteiger charge is -2.32. The van der Waals surface area contributed by atoms with Crippen LogP contribution in [0.3, 0.4) is 0 Å². The first-order chi connectivity index (χ1) is 12.6. The maximum absolute atomic E-state index is 12.0. The predicted octanol–water partition coefficient (Wildman–Crippen LogP) is 1.88. The molecule has 0 unspecified atom stereocenters. The lowest BCUT2D eigenvalue weighted by Crippen LogP contribution is -2.45. The number of piperazine rings is 1. The third-order valence-corrected chi connectivity index (χ3v) is 4.87. The zero-order valence-corrected chi connectivity index (χ0v) is 15.9. The number of hydrogen-bond donors (Lipinski definition) is 1. The maximum atomic E-state index is 12.0. The number of nitrogens with zero attached hydrogens (tertiary/aromatic N) is 2. The van der Waals surface area contributed by atoms with Gasteiger partial charge in [-0.25, -0.2) is 0 Å². The van der Waals surface area contributed by atoms with Crippen molar-refractivity contribution < 1.29 is 14.3 Å². The van der Waals surface area contributed by atoms with Gasteiger partial charge in [0.05, 0.1) is 5.02 Å². The average molecular weight is 380 g/mol. The van der Waals surface area contributed by atoms with Crippen LogP contribution in [-0.2, 0) is 4.79 Å². The van der Waals surface area contributed by atoms with Crippen LogP contribution >= 0.6 is 11.6 Å². The Morgan fingerprint density at radius 3 is 2.81 bits per heavy atom. The molecule has 1 saturated heterocycles. The molecule has 2 aliphatic rings. The Hall–Kier alpha value is -1.76. The number of amides is 1. The van der Waals surface area contributed by atoms with Crippen molar-refractivity contribution in [3.05, 3.63) is 28.8 Å². The average Bonchev–Trinajstić information content (AvgIpc) is 2.65. The number of nitrogens with one attached hydrogen (secondary N) is 1. The number of hydrogen-bond acceptors (Lipinski definition) is 5. The number of ether oxygens (including phenoxy) is 2. The van der Waals surface area contributed by atoms with Gasteiger partial charge in [0.15, 0.2) is 11.5 Å². The molecule has 26 heavy (non-hydrogen) atoms. The topological polar surface area (TPSA) is 54.0 Å². The van der Waals surface area contributed by atoms with E-state index in [1.807, 2.05) is 6.07 Å². The second-order valence-electron chi connectivity index (χ2n) is 6.65. The molecule has 2 aliphatic heterocycles. The Bertz CT molecular complexity index is 658. The highest BCUT2D eigenvalue weighted by Gasteiger charge is 2.16. The van der Waals surface area contributed by atoms with Crippen molar-refractivity contribution in [1.29, 1.82) is 0 Å². The summed E-state index contributed by atoms with van der Waals surface area (Å²) in [7, 11) is 2.15. The fourth-order valence-electron chi connectivity index (χ4n) is 3.04. The van der Waals surface area contributed by atoms with E-state index in [1.54, 1.807) is 12.1 Å². The van der Waals surface area contributed by atoms with Gasteiger partial charge in [-0.2, -0.15) is 0 Å². The highest BCUT2D eigenvalue weighted by Crippen LogP contribution is 2.38. The van der Waals surface area contributed by atoms with Crippen LogP contribution in [0.1, 0.15) is 12.0 Å². The first-order valence-corrected chi connectivity index (χ1v) is 9.45. The van der Waals surface area contributed by atoms with Gasteiger partial charge in [0.1, 0.15) is 13.2 Å². The molecule has 6 nitrogen and oxygen atoms in total. The molecule has 3 rings (SSSR count). The van der Waals surface area contributed by atoms with Crippen molar-refractivity contribution in [3.63, 3.8) is 0 Å². The molecule has 0 saturated carbocycles. The van der Waals surface area contributed by atoms with Gasteiger partial charge in [0.25, 0.3) is 0 Å². The van der Waals surface area contributed by atoms with Crippen LogP contribution in [0.25, 0.3) is 6.08 Å². The lowest BCUT2D eigenvalue weighted by molar-refractivity contribution is -0.116. The summed E-state index contributed by atoms with van der Waals surface area (Å²) in [5.74, 6) is 1.09.